The van der Waals surface area contributed by atoms with Crippen molar-refractivity contribution in [2.24, 2.45) is 0 Å². The standard InChI is InChI=1S/C24H19ClN2O/c25-20-12-6-4-11-19(20)23-22-18(17-10-5-7-13-21(17)26-22)14-15-27(23)24(28)16-8-2-1-3-9-16/h1-13,23,26H,14-15H2. The molecule has 0 saturated carbocycles. The largest absolute Gasteiger partial charge is 0.356 e. The molecule has 1 unspecified atom stereocenters. The fraction of sp³-hybridized carbons (Fsp3) is 0.125. The van der Waals surface area contributed by atoms with Gasteiger partial charge in [-0.15, -0.1) is 0 Å². The predicted molar refractivity (Wildman–Crippen MR) is 113 cm³/mol. The summed E-state index contributed by atoms with van der Waals surface area (Å²) in [4.78, 5) is 18.9. The summed E-state index contributed by atoms with van der Waals surface area (Å²) in [6.07, 6.45) is 0.818. The zero-order valence-electron chi connectivity index (χ0n) is 15.2. The minimum Gasteiger partial charge on any atom is -0.356 e. The zero-order valence-corrected chi connectivity index (χ0v) is 16.0. The molecule has 28 heavy (non-hydrogen) atoms. The summed E-state index contributed by atoms with van der Waals surface area (Å²) in [5, 5.41) is 1.89. The maximum Gasteiger partial charge on any atom is 0.254 e. The van der Waals surface area contributed by atoms with E-state index in [0.717, 1.165) is 23.2 Å². The molecular weight excluding hydrogens is 368 g/mol. The summed E-state index contributed by atoms with van der Waals surface area (Å²) in [7, 11) is 0. The molecule has 1 amide bonds. The summed E-state index contributed by atoms with van der Waals surface area (Å²) in [5.41, 5.74) is 5.07. The molecule has 0 fully saturated rings. The number of H-pyrrole nitrogens is 1. The third-order valence-electron chi connectivity index (χ3n) is 5.52. The lowest BCUT2D eigenvalue weighted by Crippen LogP contribution is -2.40. The number of carbonyl (C=O) groups excluding carboxylic acids is 1. The second kappa shape index (κ2) is 6.84. The number of para-hydroxylation sites is 1. The Morgan fingerprint density at radius 1 is 0.929 bits per heavy atom. The summed E-state index contributed by atoms with van der Waals surface area (Å²) < 4.78 is 0. The molecule has 4 aromatic rings. The molecule has 0 aliphatic carbocycles. The molecule has 1 atom stereocenters. The molecule has 1 aliphatic heterocycles. The second-order valence-electron chi connectivity index (χ2n) is 7.10. The number of benzene rings is 3. The number of nitrogens with one attached hydrogen (secondary N) is 1. The third kappa shape index (κ3) is 2.71. The van der Waals surface area contributed by atoms with Gasteiger partial charge in [-0.1, -0.05) is 66.2 Å². The minimum atomic E-state index is -0.238. The van der Waals surface area contributed by atoms with Gasteiger partial charge in [0.2, 0.25) is 0 Å². The van der Waals surface area contributed by atoms with E-state index >= 15 is 0 Å². The summed E-state index contributed by atoms with van der Waals surface area (Å²) in [6, 6.07) is 25.3. The van der Waals surface area contributed by atoms with Crippen molar-refractivity contribution in [3.63, 3.8) is 0 Å². The van der Waals surface area contributed by atoms with Gasteiger partial charge in [-0.3, -0.25) is 4.79 Å². The van der Waals surface area contributed by atoms with Crippen molar-refractivity contribution in [1.82, 2.24) is 9.88 Å². The van der Waals surface area contributed by atoms with Crippen molar-refractivity contribution in [3.05, 3.63) is 106 Å². The molecule has 138 valence electrons. The molecule has 3 aromatic carbocycles. The number of rotatable bonds is 2. The average molecular weight is 387 g/mol. The van der Waals surface area contributed by atoms with E-state index in [2.05, 4.69) is 23.2 Å². The molecule has 1 aliphatic rings. The van der Waals surface area contributed by atoms with Gasteiger partial charge in [0.05, 0.1) is 6.04 Å². The van der Waals surface area contributed by atoms with Crippen molar-refractivity contribution in [3.8, 4) is 0 Å². The van der Waals surface area contributed by atoms with E-state index in [1.54, 1.807) is 0 Å². The number of aromatic amines is 1. The SMILES string of the molecule is O=C(c1ccccc1)N1CCc2c([nH]c3ccccc23)C1c1ccccc1Cl. The van der Waals surface area contributed by atoms with E-state index in [0.29, 0.717) is 17.1 Å². The van der Waals surface area contributed by atoms with E-state index in [1.807, 2.05) is 65.6 Å². The van der Waals surface area contributed by atoms with Crippen LogP contribution in [0, 0.1) is 0 Å². The molecule has 4 heteroatoms. The van der Waals surface area contributed by atoms with Gasteiger partial charge in [0.1, 0.15) is 0 Å². The maximum atomic E-state index is 13.4. The number of hydrogen-bond donors (Lipinski definition) is 1. The average Bonchev–Trinajstić information content (AvgIpc) is 3.12. The molecule has 0 spiro atoms. The highest BCUT2D eigenvalue weighted by atomic mass is 35.5. The van der Waals surface area contributed by atoms with Gasteiger partial charge in [-0.05, 0) is 41.8 Å². The highest BCUT2D eigenvalue weighted by molar-refractivity contribution is 6.31. The Morgan fingerprint density at radius 2 is 1.64 bits per heavy atom. The van der Waals surface area contributed by atoms with Gasteiger partial charge in [-0.2, -0.15) is 0 Å². The first kappa shape index (κ1) is 17.1. The first-order valence-electron chi connectivity index (χ1n) is 9.44. The summed E-state index contributed by atoms with van der Waals surface area (Å²) in [6.45, 7) is 0.651. The van der Waals surface area contributed by atoms with Crippen molar-refractivity contribution >= 4 is 28.4 Å². The number of carbonyl (C=O) groups is 1. The van der Waals surface area contributed by atoms with E-state index in [4.69, 9.17) is 11.6 Å². The Labute approximate surface area is 168 Å². The van der Waals surface area contributed by atoms with Crippen molar-refractivity contribution in [2.75, 3.05) is 6.54 Å². The molecule has 0 bridgehead atoms. The third-order valence-corrected chi connectivity index (χ3v) is 5.86. The highest BCUT2D eigenvalue weighted by Crippen LogP contribution is 2.41. The van der Waals surface area contributed by atoms with Crippen LogP contribution in [0.5, 0.6) is 0 Å². The molecule has 0 saturated heterocycles. The Balaban J connectivity index is 1.70. The van der Waals surface area contributed by atoms with Crippen molar-refractivity contribution in [2.45, 2.75) is 12.5 Å². The van der Waals surface area contributed by atoms with Gasteiger partial charge in [0, 0.05) is 33.7 Å². The van der Waals surface area contributed by atoms with Crippen molar-refractivity contribution in [1.29, 1.82) is 0 Å². The first-order valence-corrected chi connectivity index (χ1v) is 9.82. The van der Waals surface area contributed by atoms with Gasteiger partial charge in [-0.25, -0.2) is 0 Å². The molecule has 3 nitrogen and oxygen atoms in total. The van der Waals surface area contributed by atoms with Crippen LogP contribution >= 0.6 is 11.6 Å². The van der Waals surface area contributed by atoms with Crippen LogP contribution in [0.25, 0.3) is 10.9 Å². The lowest BCUT2D eigenvalue weighted by atomic mass is 9.91. The maximum absolute atomic E-state index is 13.4. The molecule has 1 aromatic heterocycles. The summed E-state index contributed by atoms with van der Waals surface area (Å²) >= 11 is 6.59. The fourth-order valence-corrected chi connectivity index (χ4v) is 4.47. The van der Waals surface area contributed by atoms with Crippen LogP contribution in [0.4, 0.5) is 0 Å². The van der Waals surface area contributed by atoms with E-state index in [9.17, 15) is 4.79 Å². The fourth-order valence-electron chi connectivity index (χ4n) is 4.23. The number of fused-ring (bicyclic) bond motifs is 3. The van der Waals surface area contributed by atoms with Gasteiger partial charge in [0.25, 0.3) is 5.91 Å². The van der Waals surface area contributed by atoms with Gasteiger partial charge in [0.15, 0.2) is 0 Å². The molecule has 2 heterocycles. The van der Waals surface area contributed by atoms with E-state index in [1.165, 1.54) is 10.9 Å². The smallest absolute Gasteiger partial charge is 0.254 e. The Hall–Kier alpha value is -3.04. The molecule has 5 rings (SSSR count). The lowest BCUT2D eigenvalue weighted by molar-refractivity contribution is 0.0692. The van der Waals surface area contributed by atoms with Gasteiger partial charge >= 0.3 is 0 Å². The van der Waals surface area contributed by atoms with Crippen LogP contribution in [-0.4, -0.2) is 22.3 Å². The number of hydrogen-bond acceptors (Lipinski definition) is 1. The van der Waals surface area contributed by atoms with Crippen LogP contribution in [0.2, 0.25) is 5.02 Å². The Bertz CT molecular complexity index is 1170. The monoisotopic (exact) mass is 386 g/mol. The molecule has 0 radical (unpaired) electrons. The Kier molecular flexibility index (Phi) is 4.18. The van der Waals surface area contributed by atoms with Crippen LogP contribution in [0.3, 0.4) is 0 Å². The number of nitrogens with zero attached hydrogens (tertiary/aromatic N) is 1. The summed E-state index contributed by atoms with van der Waals surface area (Å²) in [5.74, 6) is 0.0230. The van der Waals surface area contributed by atoms with Crippen LogP contribution in [-0.2, 0) is 6.42 Å². The van der Waals surface area contributed by atoms with Crippen LogP contribution < -0.4 is 0 Å². The molecular formula is C24H19ClN2O. The second-order valence-corrected chi connectivity index (χ2v) is 7.51. The lowest BCUT2D eigenvalue weighted by Gasteiger charge is -2.36. The highest BCUT2D eigenvalue weighted by Gasteiger charge is 2.35. The number of aromatic nitrogens is 1. The minimum absolute atomic E-state index is 0.0230. The van der Waals surface area contributed by atoms with Gasteiger partial charge < -0.3 is 9.88 Å². The van der Waals surface area contributed by atoms with Crippen LogP contribution in [0.1, 0.15) is 33.2 Å². The zero-order chi connectivity index (χ0) is 19.1. The van der Waals surface area contributed by atoms with Crippen molar-refractivity contribution < 1.29 is 4.79 Å². The molecule has 1 N–H and O–H groups in total. The van der Waals surface area contributed by atoms with E-state index < -0.39 is 0 Å². The van der Waals surface area contributed by atoms with Crippen LogP contribution in [0.15, 0.2) is 78.9 Å². The number of amides is 1. The number of halogens is 1. The Morgan fingerprint density at radius 3 is 2.46 bits per heavy atom. The predicted octanol–water partition coefficient (Wildman–Crippen LogP) is 5.61. The quantitative estimate of drug-likeness (QED) is 0.477. The normalized spacial score (nSPS) is 16.2. The van der Waals surface area contributed by atoms with E-state index in [-0.39, 0.29) is 11.9 Å². The topological polar surface area (TPSA) is 36.1 Å². The first-order chi connectivity index (χ1) is 13.7.